The Labute approximate surface area is 195 Å². The molecule has 1 atom stereocenters. The van der Waals surface area contributed by atoms with Crippen LogP contribution in [0.25, 0.3) is 11.0 Å². The van der Waals surface area contributed by atoms with Gasteiger partial charge in [0.05, 0.1) is 23.6 Å². The van der Waals surface area contributed by atoms with E-state index in [2.05, 4.69) is 34.7 Å². The Morgan fingerprint density at radius 3 is 2.44 bits per heavy atom. The molecule has 2 heterocycles. The van der Waals surface area contributed by atoms with E-state index in [0.29, 0.717) is 29.7 Å². The van der Waals surface area contributed by atoms with Crippen LogP contribution in [-0.2, 0) is 0 Å². The predicted octanol–water partition coefficient (Wildman–Crippen LogP) is 4.84. The molecule has 1 aliphatic rings. The average Bonchev–Trinajstić information content (AvgIpc) is 3.08. The molecule has 0 N–H and O–H groups in total. The number of carbonyl (C=O) groups is 1. The zero-order valence-corrected chi connectivity index (χ0v) is 20.1. The lowest BCUT2D eigenvalue weighted by Crippen LogP contribution is -2.37. The van der Waals surface area contributed by atoms with Crippen LogP contribution in [0.1, 0.15) is 48.5 Å². The molecule has 0 fully saturated rings. The summed E-state index contributed by atoms with van der Waals surface area (Å²) >= 11 is 3.43. The van der Waals surface area contributed by atoms with Gasteiger partial charge in [0.15, 0.2) is 5.43 Å². The van der Waals surface area contributed by atoms with E-state index in [1.807, 2.05) is 31.2 Å². The zero-order chi connectivity index (χ0) is 22.8. The standard InChI is InChI=1S/C25H27BrN2O4/c1-4-27(5-2)13-14-28-22(16-7-10-18(11-8-16)31-6-3)21-23(29)19-15-17(26)9-12-20(19)32-24(21)25(28)30/h7-12,15,22H,4-6,13-14H2,1-3H3. The quantitative estimate of drug-likeness (QED) is 0.444. The largest absolute Gasteiger partial charge is 0.494 e. The first kappa shape index (κ1) is 22.6. The van der Waals surface area contributed by atoms with Gasteiger partial charge in [-0.2, -0.15) is 0 Å². The Balaban J connectivity index is 1.84. The number of fused-ring (bicyclic) bond motifs is 2. The molecule has 7 heteroatoms. The van der Waals surface area contributed by atoms with Crippen LogP contribution >= 0.6 is 15.9 Å². The smallest absolute Gasteiger partial charge is 0.290 e. The van der Waals surface area contributed by atoms with E-state index in [1.165, 1.54) is 0 Å². The molecule has 0 aliphatic carbocycles. The second-order valence-corrected chi connectivity index (χ2v) is 8.66. The molecule has 4 rings (SSSR count). The van der Waals surface area contributed by atoms with Crippen molar-refractivity contribution in [2.24, 2.45) is 0 Å². The van der Waals surface area contributed by atoms with Crippen molar-refractivity contribution in [3.05, 3.63) is 74.0 Å². The van der Waals surface area contributed by atoms with E-state index < -0.39 is 6.04 Å². The monoisotopic (exact) mass is 498 g/mol. The molecule has 1 aliphatic heterocycles. The van der Waals surface area contributed by atoms with E-state index >= 15 is 0 Å². The van der Waals surface area contributed by atoms with Gasteiger partial charge in [-0.1, -0.05) is 41.9 Å². The molecule has 0 spiro atoms. The van der Waals surface area contributed by atoms with Crippen LogP contribution in [-0.4, -0.2) is 48.5 Å². The van der Waals surface area contributed by atoms with Gasteiger partial charge < -0.3 is 19.0 Å². The number of ether oxygens (including phenoxy) is 1. The van der Waals surface area contributed by atoms with Crippen LogP contribution in [0.3, 0.4) is 0 Å². The fourth-order valence-corrected chi connectivity index (χ4v) is 4.63. The second-order valence-electron chi connectivity index (χ2n) is 7.74. The second kappa shape index (κ2) is 9.46. The van der Waals surface area contributed by atoms with Crippen LogP contribution in [0.5, 0.6) is 5.75 Å². The van der Waals surface area contributed by atoms with Crippen LogP contribution in [0.2, 0.25) is 0 Å². The molecule has 0 bridgehead atoms. The highest BCUT2D eigenvalue weighted by atomic mass is 79.9. The number of amides is 1. The fraction of sp³-hybridized carbons (Fsp3) is 0.360. The van der Waals surface area contributed by atoms with E-state index in [1.54, 1.807) is 23.1 Å². The number of halogens is 1. The van der Waals surface area contributed by atoms with Gasteiger partial charge in [-0.3, -0.25) is 9.59 Å². The van der Waals surface area contributed by atoms with E-state index in [9.17, 15) is 9.59 Å². The zero-order valence-electron chi connectivity index (χ0n) is 18.6. The molecule has 6 nitrogen and oxygen atoms in total. The number of likely N-dealkylation sites (N-methyl/N-ethyl adjacent to an activating group) is 1. The van der Waals surface area contributed by atoms with E-state index in [4.69, 9.17) is 9.15 Å². The summed E-state index contributed by atoms with van der Waals surface area (Å²) in [7, 11) is 0. The highest BCUT2D eigenvalue weighted by Crippen LogP contribution is 2.38. The molecule has 1 aromatic heterocycles. The van der Waals surface area contributed by atoms with Gasteiger partial charge in [0, 0.05) is 17.6 Å². The van der Waals surface area contributed by atoms with Crippen molar-refractivity contribution in [1.82, 2.24) is 9.80 Å². The lowest BCUT2D eigenvalue weighted by molar-refractivity contribution is 0.0708. The van der Waals surface area contributed by atoms with Crippen LogP contribution in [0, 0.1) is 0 Å². The Kier molecular flexibility index (Phi) is 6.67. The minimum Gasteiger partial charge on any atom is -0.494 e. The average molecular weight is 499 g/mol. The maximum Gasteiger partial charge on any atom is 0.290 e. The van der Waals surface area contributed by atoms with Crippen molar-refractivity contribution < 1.29 is 13.9 Å². The number of carbonyl (C=O) groups excluding carboxylic acids is 1. The molecule has 1 unspecified atom stereocenters. The van der Waals surface area contributed by atoms with Gasteiger partial charge in [-0.05, 0) is 55.9 Å². The highest BCUT2D eigenvalue weighted by molar-refractivity contribution is 9.10. The van der Waals surface area contributed by atoms with Gasteiger partial charge in [0.25, 0.3) is 5.91 Å². The van der Waals surface area contributed by atoms with Crippen molar-refractivity contribution in [1.29, 1.82) is 0 Å². The summed E-state index contributed by atoms with van der Waals surface area (Å²) in [5, 5.41) is 0.465. The number of rotatable bonds is 8. The normalized spacial score (nSPS) is 15.6. The third kappa shape index (κ3) is 4.07. The molecule has 3 aromatic rings. The van der Waals surface area contributed by atoms with Crippen molar-refractivity contribution in [2.75, 3.05) is 32.8 Å². The Morgan fingerprint density at radius 2 is 1.78 bits per heavy atom. The Morgan fingerprint density at radius 1 is 1.06 bits per heavy atom. The fourth-order valence-electron chi connectivity index (χ4n) is 4.27. The van der Waals surface area contributed by atoms with Crippen LogP contribution in [0.15, 0.2) is 56.1 Å². The Hall–Kier alpha value is -2.64. The maximum atomic E-state index is 13.6. The first-order valence-corrected chi connectivity index (χ1v) is 11.8. The van der Waals surface area contributed by atoms with Gasteiger partial charge in [0.2, 0.25) is 5.76 Å². The summed E-state index contributed by atoms with van der Waals surface area (Å²) in [5.74, 6) is 0.654. The third-order valence-corrected chi connectivity index (χ3v) is 6.48. The van der Waals surface area contributed by atoms with Crippen LogP contribution < -0.4 is 10.2 Å². The summed E-state index contributed by atoms with van der Waals surface area (Å²) in [5.41, 5.74) is 1.52. The molecule has 1 amide bonds. The minimum absolute atomic E-state index is 0.142. The summed E-state index contributed by atoms with van der Waals surface area (Å²) in [4.78, 5) is 31.0. The molecule has 2 aromatic carbocycles. The topological polar surface area (TPSA) is 63.0 Å². The van der Waals surface area contributed by atoms with Crippen molar-refractivity contribution in [3.63, 3.8) is 0 Å². The van der Waals surface area contributed by atoms with Gasteiger partial charge in [0.1, 0.15) is 11.3 Å². The molecule has 32 heavy (non-hydrogen) atoms. The molecule has 0 saturated heterocycles. The van der Waals surface area contributed by atoms with Gasteiger partial charge >= 0.3 is 0 Å². The first-order valence-electron chi connectivity index (χ1n) is 11.0. The molecule has 168 valence electrons. The summed E-state index contributed by atoms with van der Waals surface area (Å²) < 4.78 is 12.4. The lowest BCUT2D eigenvalue weighted by Gasteiger charge is -2.28. The number of benzene rings is 2. The minimum atomic E-state index is -0.497. The van der Waals surface area contributed by atoms with E-state index in [-0.39, 0.29) is 17.1 Å². The third-order valence-electron chi connectivity index (χ3n) is 5.99. The van der Waals surface area contributed by atoms with Crippen LogP contribution in [0.4, 0.5) is 0 Å². The highest BCUT2D eigenvalue weighted by Gasteiger charge is 2.42. The first-order chi connectivity index (χ1) is 15.5. The lowest BCUT2D eigenvalue weighted by atomic mass is 9.98. The molecular weight excluding hydrogens is 472 g/mol. The molecular formula is C25H27BrN2O4. The predicted molar refractivity (Wildman–Crippen MR) is 128 cm³/mol. The van der Waals surface area contributed by atoms with Gasteiger partial charge in [-0.15, -0.1) is 0 Å². The summed E-state index contributed by atoms with van der Waals surface area (Å²) in [6, 6.07) is 12.4. The van der Waals surface area contributed by atoms with Crippen molar-refractivity contribution in [3.8, 4) is 5.75 Å². The molecule has 0 saturated carbocycles. The number of hydrogen-bond acceptors (Lipinski definition) is 5. The van der Waals surface area contributed by atoms with E-state index in [0.717, 1.165) is 35.4 Å². The van der Waals surface area contributed by atoms with Gasteiger partial charge in [-0.25, -0.2) is 0 Å². The maximum absolute atomic E-state index is 13.6. The number of hydrogen-bond donors (Lipinski definition) is 0. The Bertz CT molecular complexity index is 1190. The number of nitrogens with zero attached hydrogens (tertiary/aromatic N) is 2. The molecule has 0 radical (unpaired) electrons. The van der Waals surface area contributed by atoms with Crippen molar-refractivity contribution >= 4 is 32.8 Å². The summed E-state index contributed by atoms with van der Waals surface area (Å²) in [6.07, 6.45) is 0. The SMILES string of the molecule is CCOc1ccc(C2c3c(oc4ccc(Br)cc4c3=O)C(=O)N2CCN(CC)CC)cc1. The van der Waals surface area contributed by atoms with Crippen molar-refractivity contribution in [2.45, 2.75) is 26.8 Å². The summed E-state index contributed by atoms with van der Waals surface area (Å²) in [6.45, 7) is 9.73.